The van der Waals surface area contributed by atoms with Gasteiger partial charge < -0.3 is 14.8 Å². The number of piperidine rings is 1. The van der Waals surface area contributed by atoms with Crippen molar-refractivity contribution >= 4 is 21.6 Å². The summed E-state index contributed by atoms with van der Waals surface area (Å²) in [7, 11) is -3.66. The Hall–Kier alpha value is -2.23. The molecule has 1 saturated heterocycles. The summed E-state index contributed by atoms with van der Waals surface area (Å²) in [5.41, 5.74) is 0.934. The molecule has 3 rings (SSSR count). The van der Waals surface area contributed by atoms with Gasteiger partial charge in [-0.25, -0.2) is 13.4 Å². The number of rotatable bonds is 4. The fourth-order valence-electron chi connectivity index (χ4n) is 2.93. The van der Waals surface area contributed by atoms with E-state index in [1.54, 1.807) is 13.8 Å². The Morgan fingerprint density at radius 3 is 2.58 bits per heavy atom. The van der Waals surface area contributed by atoms with Crippen molar-refractivity contribution in [2.75, 3.05) is 18.4 Å². The van der Waals surface area contributed by atoms with E-state index in [2.05, 4.69) is 10.3 Å². The van der Waals surface area contributed by atoms with Crippen molar-refractivity contribution in [2.45, 2.75) is 37.7 Å². The van der Waals surface area contributed by atoms with Gasteiger partial charge in [-0.1, -0.05) is 0 Å². The van der Waals surface area contributed by atoms with E-state index in [9.17, 15) is 18.3 Å². The number of carbonyl (C=O) groups excluding carboxylic acids is 1. The summed E-state index contributed by atoms with van der Waals surface area (Å²) in [6, 6.07) is 5.91. The Morgan fingerprint density at radius 1 is 1.31 bits per heavy atom. The van der Waals surface area contributed by atoms with Gasteiger partial charge in [0.1, 0.15) is 0 Å². The molecule has 9 heteroatoms. The first kappa shape index (κ1) is 18.6. The van der Waals surface area contributed by atoms with Crippen LogP contribution in [0, 0.1) is 13.8 Å². The quantitative estimate of drug-likeness (QED) is 0.836. The minimum absolute atomic E-state index is 0.102. The van der Waals surface area contributed by atoms with Gasteiger partial charge in [0.2, 0.25) is 15.8 Å². The second-order valence-corrected chi connectivity index (χ2v) is 8.22. The number of aryl methyl sites for hydroxylation is 2. The molecule has 8 nitrogen and oxygen atoms in total. The third kappa shape index (κ3) is 3.79. The molecule has 1 aliphatic rings. The number of carbonyl (C=O) groups is 1. The monoisotopic (exact) mass is 379 g/mol. The zero-order chi connectivity index (χ0) is 18.9. The van der Waals surface area contributed by atoms with Crippen molar-refractivity contribution in [3.63, 3.8) is 0 Å². The number of anilines is 1. The predicted molar refractivity (Wildman–Crippen MR) is 94.4 cm³/mol. The first-order valence-corrected chi connectivity index (χ1v) is 9.75. The summed E-state index contributed by atoms with van der Waals surface area (Å²) in [5.74, 6) is 0.0807. The molecular weight excluding hydrogens is 358 g/mol. The summed E-state index contributed by atoms with van der Waals surface area (Å²) in [4.78, 5) is 16.4. The van der Waals surface area contributed by atoms with E-state index in [1.807, 2.05) is 0 Å². The van der Waals surface area contributed by atoms with Crippen LogP contribution in [0.1, 0.15) is 35.0 Å². The molecule has 1 aliphatic heterocycles. The number of β-amino-alcohol motifs (C(OH)–C–C–N with tert-alkyl or cyclic N) is 1. The van der Waals surface area contributed by atoms with Gasteiger partial charge in [0.25, 0.3) is 5.91 Å². The van der Waals surface area contributed by atoms with Gasteiger partial charge >= 0.3 is 0 Å². The molecule has 0 bridgehead atoms. The maximum Gasteiger partial charge on any atom is 0.293 e. The van der Waals surface area contributed by atoms with Gasteiger partial charge in [-0.15, -0.1) is 0 Å². The van der Waals surface area contributed by atoms with Crippen molar-refractivity contribution in [1.82, 2.24) is 9.29 Å². The molecule has 26 heavy (non-hydrogen) atoms. The zero-order valence-corrected chi connectivity index (χ0v) is 15.4. The molecule has 0 spiro atoms. The summed E-state index contributed by atoms with van der Waals surface area (Å²) in [6.07, 6.45) is 0.604. The van der Waals surface area contributed by atoms with Crippen molar-refractivity contribution < 1.29 is 22.7 Å². The molecular formula is C17H21N3O5S. The van der Waals surface area contributed by atoms with E-state index in [0.717, 1.165) is 0 Å². The number of oxazole rings is 1. The number of aliphatic hydroxyl groups is 1. The number of hydrogen-bond donors (Lipinski definition) is 2. The van der Waals surface area contributed by atoms with Crippen molar-refractivity contribution in [2.24, 2.45) is 0 Å². The second-order valence-electron chi connectivity index (χ2n) is 6.29. The van der Waals surface area contributed by atoms with Crippen LogP contribution in [0.25, 0.3) is 0 Å². The Labute approximate surface area is 151 Å². The maximum absolute atomic E-state index is 12.6. The highest BCUT2D eigenvalue weighted by atomic mass is 32.2. The lowest BCUT2D eigenvalue weighted by Crippen LogP contribution is -2.42. The summed E-state index contributed by atoms with van der Waals surface area (Å²) in [6.45, 7) is 3.82. The first-order valence-electron chi connectivity index (χ1n) is 8.31. The van der Waals surface area contributed by atoms with Crippen LogP contribution in [0.3, 0.4) is 0 Å². The molecule has 0 unspecified atom stereocenters. The zero-order valence-electron chi connectivity index (χ0n) is 14.6. The molecule has 2 heterocycles. The number of nitrogens with one attached hydrogen (secondary N) is 1. The molecule has 2 aromatic rings. The van der Waals surface area contributed by atoms with E-state index < -0.39 is 22.0 Å². The van der Waals surface area contributed by atoms with E-state index in [4.69, 9.17) is 4.42 Å². The molecule has 0 aliphatic carbocycles. The number of amides is 1. The van der Waals surface area contributed by atoms with Gasteiger partial charge in [-0.2, -0.15) is 4.31 Å². The normalized spacial score (nSPS) is 18.7. The number of aliphatic hydroxyl groups excluding tert-OH is 1. The Kier molecular flexibility index (Phi) is 5.12. The second kappa shape index (κ2) is 7.18. The van der Waals surface area contributed by atoms with Crippen LogP contribution in [0.15, 0.2) is 33.6 Å². The molecule has 140 valence electrons. The van der Waals surface area contributed by atoms with E-state index in [-0.39, 0.29) is 17.2 Å². The molecule has 0 saturated carbocycles. The van der Waals surface area contributed by atoms with Crippen molar-refractivity contribution in [3.8, 4) is 0 Å². The predicted octanol–water partition coefficient (Wildman–Crippen LogP) is 1.69. The van der Waals surface area contributed by atoms with Gasteiger partial charge in [-0.3, -0.25) is 4.79 Å². The van der Waals surface area contributed by atoms with Crippen LogP contribution >= 0.6 is 0 Å². The highest BCUT2D eigenvalue weighted by Gasteiger charge is 2.29. The molecule has 2 N–H and O–H groups in total. The lowest BCUT2D eigenvalue weighted by atomic mass is 10.1. The Morgan fingerprint density at radius 2 is 2.00 bits per heavy atom. The lowest BCUT2D eigenvalue weighted by Gasteiger charge is -2.29. The Balaban J connectivity index is 1.74. The summed E-state index contributed by atoms with van der Waals surface area (Å²) >= 11 is 0. The number of aromatic nitrogens is 1. The summed E-state index contributed by atoms with van der Waals surface area (Å²) in [5, 5.41) is 12.4. The fourth-order valence-corrected chi connectivity index (χ4v) is 4.44. The van der Waals surface area contributed by atoms with Crippen LogP contribution in [-0.4, -0.2) is 47.9 Å². The summed E-state index contributed by atoms with van der Waals surface area (Å²) < 4.78 is 31.8. The standard InChI is InChI=1S/C17H21N3O5S/c1-11-16(25-12(2)18-11)17(22)19-13-5-7-15(8-6-13)26(23,24)20-9-3-4-14(21)10-20/h5-8,14,21H,3-4,9-10H2,1-2H3,(H,19,22)/t14-/m0/s1. The Bertz CT molecular complexity index is 905. The van der Waals surface area contributed by atoms with Crippen LogP contribution in [0.4, 0.5) is 5.69 Å². The molecule has 1 amide bonds. The van der Waals surface area contributed by atoms with E-state index in [0.29, 0.717) is 36.7 Å². The molecule has 1 aromatic carbocycles. The first-order chi connectivity index (χ1) is 12.3. The van der Waals surface area contributed by atoms with Crippen LogP contribution in [0.5, 0.6) is 0 Å². The highest BCUT2D eigenvalue weighted by molar-refractivity contribution is 7.89. The van der Waals surface area contributed by atoms with Gasteiger partial charge in [0.05, 0.1) is 16.7 Å². The molecule has 1 fully saturated rings. The van der Waals surface area contributed by atoms with Crippen molar-refractivity contribution in [3.05, 3.63) is 41.6 Å². The third-order valence-corrected chi connectivity index (χ3v) is 6.10. The van der Waals surface area contributed by atoms with Crippen LogP contribution < -0.4 is 5.32 Å². The van der Waals surface area contributed by atoms with Crippen LogP contribution in [0.2, 0.25) is 0 Å². The largest absolute Gasteiger partial charge is 0.436 e. The third-order valence-electron chi connectivity index (χ3n) is 4.22. The van der Waals surface area contributed by atoms with E-state index >= 15 is 0 Å². The average molecular weight is 379 g/mol. The van der Waals surface area contributed by atoms with Crippen molar-refractivity contribution in [1.29, 1.82) is 0 Å². The smallest absolute Gasteiger partial charge is 0.293 e. The fraction of sp³-hybridized carbons (Fsp3) is 0.412. The van der Waals surface area contributed by atoms with Crippen LogP contribution in [-0.2, 0) is 10.0 Å². The molecule has 1 aromatic heterocycles. The van der Waals surface area contributed by atoms with Gasteiger partial charge in [-0.05, 0) is 44.0 Å². The SMILES string of the molecule is Cc1nc(C)c(C(=O)Nc2ccc(S(=O)(=O)N3CCC[C@H](O)C3)cc2)o1. The highest BCUT2D eigenvalue weighted by Crippen LogP contribution is 2.22. The molecule has 0 radical (unpaired) electrons. The minimum atomic E-state index is -3.66. The van der Waals surface area contributed by atoms with Gasteiger partial charge in [0.15, 0.2) is 5.89 Å². The number of benzene rings is 1. The average Bonchev–Trinajstić information content (AvgIpc) is 2.94. The maximum atomic E-state index is 12.6. The minimum Gasteiger partial charge on any atom is -0.436 e. The number of sulfonamides is 1. The van der Waals surface area contributed by atoms with Gasteiger partial charge in [0, 0.05) is 25.7 Å². The number of hydrogen-bond acceptors (Lipinski definition) is 6. The molecule has 1 atom stereocenters. The number of nitrogens with zero attached hydrogens (tertiary/aromatic N) is 2. The van der Waals surface area contributed by atoms with E-state index in [1.165, 1.54) is 28.6 Å². The lowest BCUT2D eigenvalue weighted by molar-refractivity contribution is 0.0994. The topological polar surface area (TPSA) is 113 Å².